The Hall–Kier alpha value is -1.02. The van der Waals surface area contributed by atoms with Gasteiger partial charge in [0.2, 0.25) is 0 Å². The van der Waals surface area contributed by atoms with Gasteiger partial charge in [-0.25, -0.2) is 0 Å². The summed E-state index contributed by atoms with van der Waals surface area (Å²) in [6, 6.07) is 3.99. The first-order valence-corrected chi connectivity index (χ1v) is 9.20. The standard InChI is InChI=1S/C21H29FS/c1-8-21(12-18(21)16(6)15(5)11-13(2)3)20-14(4)9-10-19(23-22)17(20)7/h9-10,18H,2,8,11-12H2,1,3-7H3/b16-15-/t18?,21-/m1/s1. The van der Waals surface area contributed by atoms with Crippen molar-refractivity contribution in [1.29, 1.82) is 0 Å². The van der Waals surface area contributed by atoms with Gasteiger partial charge in [0.1, 0.15) is 0 Å². The van der Waals surface area contributed by atoms with Crippen molar-refractivity contribution in [3.8, 4) is 0 Å². The van der Waals surface area contributed by atoms with Crippen LogP contribution in [-0.2, 0) is 5.41 Å². The van der Waals surface area contributed by atoms with Crippen LogP contribution in [0.25, 0.3) is 0 Å². The predicted molar refractivity (Wildman–Crippen MR) is 101 cm³/mol. The van der Waals surface area contributed by atoms with Crippen molar-refractivity contribution in [2.45, 2.75) is 71.1 Å². The predicted octanol–water partition coefficient (Wildman–Crippen LogP) is 7.25. The number of rotatable bonds is 6. The van der Waals surface area contributed by atoms with Gasteiger partial charge in [0.25, 0.3) is 0 Å². The van der Waals surface area contributed by atoms with E-state index in [2.05, 4.69) is 54.2 Å². The van der Waals surface area contributed by atoms with E-state index in [4.69, 9.17) is 0 Å². The van der Waals surface area contributed by atoms with Crippen molar-refractivity contribution >= 4 is 12.1 Å². The van der Waals surface area contributed by atoms with Crippen molar-refractivity contribution in [3.05, 3.63) is 52.1 Å². The lowest BCUT2D eigenvalue weighted by atomic mass is 9.82. The number of aryl methyl sites for hydroxylation is 1. The zero-order valence-corrected chi connectivity index (χ0v) is 16.2. The largest absolute Gasteiger partial charge is 0.160 e. The van der Waals surface area contributed by atoms with E-state index in [9.17, 15) is 3.89 Å². The molecule has 0 aromatic heterocycles. The maximum absolute atomic E-state index is 13.2. The fourth-order valence-corrected chi connectivity index (χ4v) is 4.62. The molecule has 0 saturated heterocycles. The van der Waals surface area contributed by atoms with E-state index in [0.29, 0.717) is 18.1 Å². The van der Waals surface area contributed by atoms with Gasteiger partial charge in [-0.3, -0.25) is 0 Å². The van der Waals surface area contributed by atoms with E-state index < -0.39 is 0 Å². The third kappa shape index (κ3) is 3.28. The third-order valence-electron chi connectivity index (χ3n) is 5.67. The smallest absolute Gasteiger partial charge is 0.0815 e. The van der Waals surface area contributed by atoms with E-state index in [0.717, 1.165) is 23.3 Å². The minimum atomic E-state index is 0.195. The molecule has 126 valence electrons. The van der Waals surface area contributed by atoms with E-state index in [1.54, 1.807) is 0 Å². The molecule has 23 heavy (non-hydrogen) atoms. The number of hydrogen-bond acceptors (Lipinski definition) is 1. The van der Waals surface area contributed by atoms with Gasteiger partial charge >= 0.3 is 0 Å². The molecule has 0 aliphatic heterocycles. The lowest BCUT2D eigenvalue weighted by molar-refractivity contribution is 0.604. The number of allylic oxidation sites excluding steroid dienone is 3. The maximum Gasteiger partial charge on any atom is 0.0815 e. The summed E-state index contributed by atoms with van der Waals surface area (Å²) in [6.07, 6.45) is 3.28. The average Bonchev–Trinajstić information content (AvgIpc) is 3.21. The molecule has 0 amide bonds. The van der Waals surface area contributed by atoms with Gasteiger partial charge in [-0.05, 0) is 82.6 Å². The molecule has 0 spiro atoms. The lowest BCUT2D eigenvalue weighted by Gasteiger charge is -2.23. The van der Waals surface area contributed by atoms with Gasteiger partial charge in [-0.15, -0.1) is 0 Å². The van der Waals surface area contributed by atoms with Crippen LogP contribution in [0.3, 0.4) is 0 Å². The Morgan fingerprint density at radius 1 is 1.30 bits per heavy atom. The highest BCUT2D eigenvalue weighted by Gasteiger charge is 2.55. The summed E-state index contributed by atoms with van der Waals surface area (Å²) in [5, 5.41) is 0. The molecular weight excluding hydrogens is 303 g/mol. The molecule has 2 heteroatoms. The molecule has 1 aliphatic rings. The van der Waals surface area contributed by atoms with Crippen molar-refractivity contribution < 1.29 is 3.89 Å². The molecule has 1 aromatic rings. The summed E-state index contributed by atoms with van der Waals surface area (Å²) in [7, 11) is 0. The summed E-state index contributed by atoms with van der Waals surface area (Å²) in [5.74, 6) is 0.587. The van der Waals surface area contributed by atoms with Crippen LogP contribution in [-0.4, -0.2) is 0 Å². The molecule has 1 unspecified atom stereocenters. The van der Waals surface area contributed by atoms with Crippen LogP contribution in [0.1, 0.15) is 63.6 Å². The minimum Gasteiger partial charge on any atom is -0.160 e. The molecule has 0 bridgehead atoms. The Labute approximate surface area is 145 Å². The zero-order valence-electron chi connectivity index (χ0n) is 15.3. The van der Waals surface area contributed by atoms with Crippen molar-refractivity contribution in [2.75, 3.05) is 0 Å². The monoisotopic (exact) mass is 332 g/mol. The number of hydrogen-bond donors (Lipinski definition) is 0. The highest BCUT2D eigenvalue weighted by molar-refractivity contribution is 7.94. The van der Waals surface area contributed by atoms with Gasteiger partial charge in [0.05, 0.1) is 12.1 Å². The van der Waals surface area contributed by atoms with Crippen LogP contribution in [0.2, 0.25) is 0 Å². The Morgan fingerprint density at radius 3 is 2.48 bits per heavy atom. The fraction of sp³-hybridized carbons (Fsp3) is 0.524. The minimum absolute atomic E-state index is 0.195. The van der Waals surface area contributed by atoms with E-state index in [1.807, 2.05) is 6.07 Å². The summed E-state index contributed by atoms with van der Waals surface area (Å²) < 4.78 is 13.2. The van der Waals surface area contributed by atoms with Crippen LogP contribution >= 0.6 is 12.1 Å². The molecular formula is C21H29FS. The Morgan fingerprint density at radius 2 is 1.96 bits per heavy atom. The van der Waals surface area contributed by atoms with E-state index in [1.165, 1.54) is 34.3 Å². The summed E-state index contributed by atoms with van der Waals surface area (Å²) in [6.45, 7) is 17.2. The number of benzene rings is 1. The summed E-state index contributed by atoms with van der Waals surface area (Å²) in [4.78, 5) is 0.768. The zero-order chi connectivity index (χ0) is 17.4. The van der Waals surface area contributed by atoms with Gasteiger partial charge < -0.3 is 0 Å². The average molecular weight is 333 g/mol. The second kappa shape index (κ2) is 6.84. The summed E-state index contributed by atoms with van der Waals surface area (Å²) >= 11 is 0.373. The van der Waals surface area contributed by atoms with Crippen LogP contribution < -0.4 is 0 Å². The lowest BCUT2D eigenvalue weighted by Crippen LogP contribution is -2.14. The first kappa shape index (κ1) is 18.3. The van der Waals surface area contributed by atoms with Crippen molar-refractivity contribution in [2.24, 2.45) is 5.92 Å². The molecule has 1 saturated carbocycles. The van der Waals surface area contributed by atoms with Crippen molar-refractivity contribution in [3.63, 3.8) is 0 Å². The first-order chi connectivity index (χ1) is 10.8. The van der Waals surface area contributed by atoms with E-state index in [-0.39, 0.29) is 5.41 Å². The molecule has 2 rings (SSSR count). The highest BCUT2D eigenvalue weighted by atomic mass is 32.2. The second-order valence-corrected chi connectivity index (χ2v) is 7.92. The van der Waals surface area contributed by atoms with Gasteiger partial charge in [-0.1, -0.05) is 36.3 Å². The maximum atomic E-state index is 13.2. The quantitative estimate of drug-likeness (QED) is 0.494. The molecule has 1 fully saturated rings. The molecule has 2 atom stereocenters. The summed E-state index contributed by atoms with van der Waals surface area (Å²) in [5.41, 5.74) is 8.18. The number of halogens is 1. The van der Waals surface area contributed by atoms with Crippen LogP contribution in [0.4, 0.5) is 3.89 Å². The highest BCUT2D eigenvalue weighted by Crippen LogP contribution is 2.62. The van der Waals surface area contributed by atoms with Crippen LogP contribution in [0, 0.1) is 19.8 Å². The first-order valence-electron chi connectivity index (χ1n) is 8.48. The van der Waals surface area contributed by atoms with Crippen LogP contribution in [0.5, 0.6) is 0 Å². The molecule has 0 nitrogen and oxygen atoms in total. The molecule has 0 heterocycles. The van der Waals surface area contributed by atoms with Gasteiger partial charge in [0, 0.05) is 10.3 Å². The third-order valence-corrected chi connectivity index (χ3v) is 6.28. The fourth-order valence-electron chi connectivity index (χ4n) is 4.28. The Balaban J connectivity index is 2.45. The van der Waals surface area contributed by atoms with Crippen molar-refractivity contribution in [1.82, 2.24) is 0 Å². The molecule has 1 aliphatic carbocycles. The van der Waals surface area contributed by atoms with Gasteiger partial charge in [0.15, 0.2) is 0 Å². The topological polar surface area (TPSA) is 0 Å². The molecule has 0 N–H and O–H groups in total. The SMILES string of the molecule is C=C(C)C/C(C)=C(/C)C1C[C@@]1(CC)c1c(C)ccc(SF)c1C. The van der Waals surface area contributed by atoms with Gasteiger partial charge in [-0.2, -0.15) is 3.89 Å². The Kier molecular flexibility index (Phi) is 5.45. The normalized spacial score (nSPS) is 24.4. The van der Waals surface area contributed by atoms with Crippen LogP contribution in [0.15, 0.2) is 40.3 Å². The second-order valence-electron chi connectivity index (χ2n) is 7.32. The Bertz CT molecular complexity index is 656. The molecule has 1 aromatic carbocycles. The van der Waals surface area contributed by atoms with E-state index >= 15 is 0 Å². The molecule has 0 radical (unpaired) electrons.